The van der Waals surface area contributed by atoms with Crippen molar-refractivity contribution >= 4 is 39.3 Å². The van der Waals surface area contributed by atoms with Crippen molar-refractivity contribution in [1.29, 1.82) is 0 Å². The second kappa shape index (κ2) is 10.1. The van der Waals surface area contributed by atoms with Gasteiger partial charge in [-0.05, 0) is 59.8 Å². The van der Waals surface area contributed by atoms with Crippen LogP contribution >= 0.6 is 15.9 Å². The van der Waals surface area contributed by atoms with E-state index in [4.69, 9.17) is 4.74 Å². The first-order valence-corrected chi connectivity index (χ1v) is 10.4. The van der Waals surface area contributed by atoms with Gasteiger partial charge < -0.3 is 15.0 Å². The maximum Gasteiger partial charge on any atom is 0.317 e. The molecule has 10 heteroatoms. The Morgan fingerprint density at radius 3 is 2.52 bits per heavy atom. The predicted molar refractivity (Wildman–Crippen MR) is 108 cm³/mol. The molecule has 0 spiro atoms. The number of ketones is 1. The molecule has 2 saturated heterocycles. The van der Waals surface area contributed by atoms with Crippen LogP contribution in [0, 0.1) is 11.7 Å². The zero-order valence-electron chi connectivity index (χ0n) is 15.9. The van der Waals surface area contributed by atoms with Gasteiger partial charge in [0.2, 0.25) is 5.78 Å². The van der Waals surface area contributed by atoms with E-state index in [9.17, 15) is 19.2 Å². The van der Waals surface area contributed by atoms with E-state index in [1.54, 1.807) is 4.90 Å². The largest absolute Gasteiger partial charge is 0.381 e. The lowest BCUT2D eigenvalue weighted by Crippen LogP contribution is -2.50. The lowest BCUT2D eigenvalue weighted by atomic mass is 9.92. The molecule has 0 aliphatic carbocycles. The minimum atomic E-state index is -0.444. The number of carbonyl (C=O) groups excluding carboxylic acids is 2. The third kappa shape index (κ3) is 5.74. The second-order valence-electron chi connectivity index (χ2n) is 7.13. The molecule has 8 nitrogen and oxygen atoms in total. The van der Waals surface area contributed by atoms with E-state index in [2.05, 4.69) is 26.2 Å². The number of amides is 2. The van der Waals surface area contributed by atoms with Gasteiger partial charge in [0.25, 0.3) is 0 Å². The number of Topliss-reactive ketones (excluding diaryl/α,β-unsaturated/α-hetero) is 1. The van der Waals surface area contributed by atoms with Crippen LogP contribution in [0.2, 0.25) is 0 Å². The molecule has 3 rings (SSSR count). The fraction of sp³-hybridized carbons (Fsp3) is 0.526. The Morgan fingerprint density at radius 1 is 1.21 bits per heavy atom. The van der Waals surface area contributed by atoms with Crippen LogP contribution in [0.25, 0.3) is 0 Å². The van der Waals surface area contributed by atoms with Crippen molar-refractivity contribution in [3.8, 4) is 0 Å². The summed E-state index contributed by atoms with van der Waals surface area (Å²) in [5, 5.41) is 12.4. The zero-order valence-corrected chi connectivity index (χ0v) is 17.5. The lowest BCUT2D eigenvalue weighted by Gasteiger charge is -2.33. The number of hydrogen-bond acceptors (Lipinski definition) is 5. The molecule has 29 heavy (non-hydrogen) atoms. The first-order chi connectivity index (χ1) is 14.0. The SMILES string of the molecule is O=C(C(=Nc1ccc(F)c(Br)c1)NO)C1CCN(C(=O)NC2CCOCC2)CC1. The number of likely N-dealkylation sites (tertiary alicyclic amines) is 1. The van der Waals surface area contributed by atoms with Crippen molar-refractivity contribution in [1.82, 2.24) is 15.7 Å². The van der Waals surface area contributed by atoms with Crippen LogP contribution < -0.4 is 10.8 Å². The summed E-state index contributed by atoms with van der Waals surface area (Å²) in [6, 6.07) is 4.06. The van der Waals surface area contributed by atoms with Crippen LogP contribution in [0.15, 0.2) is 27.7 Å². The molecule has 0 unspecified atom stereocenters. The van der Waals surface area contributed by atoms with Gasteiger partial charge in [-0.15, -0.1) is 0 Å². The molecule has 2 fully saturated rings. The van der Waals surface area contributed by atoms with Gasteiger partial charge >= 0.3 is 6.03 Å². The van der Waals surface area contributed by atoms with Crippen molar-refractivity contribution in [3.63, 3.8) is 0 Å². The predicted octanol–water partition coefficient (Wildman–Crippen LogP) is 2.77. The van der Waals surface area contributed by atoms with Gasteiger partial charge in [0.1, 0.15) is 5.82 Å². The number of benzene rings is 1. The molecule has 2 heterocycles. The summed E-state index contributed by atoms with van der Waals surface area (Å²) < 4.78 is 18.9. The number of urea groups is 1. The average molecular weight is 471 g/mol. The first kappa shape index (κ1) is 21.7. The Balaban J connectivity index is 1.55. The second-order valence-corrected chi connectivity index (χ2v) is 7.99. The monoisotopic (exact) mass is 470 g/mol. The number of rotatable bonds is 4. The molecule has 2 aliphatic heterocycles. The number of nitrogens with zero attached hydrogens (tertiary/aromatic N) is 2. The summed E-state index contributed by atoms with van der Waals surface area (Å²) in [5.74, 6) is -1.34. The minimum absolute atomic E-state index is 0.117. The molecule has 158 valence electrons. The number of carbonyl (C=O) groups is 2. The molecule has 0 saturated carbocycles. The Labute approximate surface area is 176 Å². The molecule has 2 amide bonds. The summed E-state index contributed by atoms with van der Waals surface area (Å²) >= 11 is 3.06. The molecule has 0 aromatic heterocycles. The molecule has 1 aromatic rings. The standard InChI is InChI=1S/C19H24BrFN4O4/c20-15-11-14(1-2-16(15)21)22-18(24-28)17(26)12-3-7-25(8-4-12)19(27)23-13-5-9-29-10-6-13/h1-2,11-13,28H,3-10H2,(H,22,24)(H,23,27). The van der Waals surface area contributed by atoms with Gasteiger partial charge in [-0.25, -0.2) is 19.7 Å². The Bertz CT molecular complexity index is 777. The number of piperidine rings is 1. The van der Waals surface area contributed by atoms with Crippen LogP contribution in [0.1, 0.15) is 25.7 Å². The summed E-state index contributed by atoms with van der Waals surface area (Å²) in [5.41, 5.74) is 2.19. The lowest BCUT2D eigenvalue weighted by molar-refractivity contribution is -0.118. The molecular weight excluding hydrogens is 447 g/mol. The van der Waals surface area contributed by atoms with Crippen molar-refractivity contribution in [2.45, 2.75) is 31.7 Å². The fourth-order valence-corrected chi connectivity index (χ4v) is 3.83. The van der Waals surface area contributed by atoms with Gasteiger partial charge in [0, 0.05) is 38.3 Å². The van der Waals surface area contributed by atoms with Crippen LogP contribution in [-0.4, -0.2) is 60.1 Å². The minimum Gasteiger partial charge on any atom is -0.381 e. The molecule has 2 aliphatic rings. The van der Waals surface area contributed by atoms with Crippen molar-refractivity contribution < 1.29 is 23.9 Å². The van der Waals surface area contributed by atoms with Gasteiger partial charge in [0.05, 0.1) is 10.2 Å². The van der Waals surface area contributed by atoms with E-state index in [1.807, 2.05) is 5.48 Å². The smallest absolute Gasteiger partial charge is 0.317 e. The third-order valence-corrected chi connectivity index (χ3v) is 5.79. The highest BCUT2D eigenvalue weighted by molar-refractivity contribution is 9.10. The highest BCUT2D eigenvalue weighted by Crippen LogP contribution is 2.24. The Kier molecular flexibility index (Phi) is 7.57. The maximum absolute atomic E-state index is 13.3. The van der Waals surface area contributed by atoms with E-state index >= 15 is 0 Å². The summed E-state index contributed by atoms with van der Waals surface area (Å²) in [6.07, 6.45) is 2.58. The first-order valence-electron chi connectivity index (χ1n) is 9.59. The van der Waals surface area contributed by atoms with Crippen molar-refractivity contribution in [2.24, 2.45) is 10.9 Å². The van der Waals surface area contributed by atoms with Crippen molar-refractivity contribution in [3.05, 3.63) is 28.5 Å². The Hall–Kier alpha value is -2.04. The van der Waals surface area contributed by atoms with Gasteiger partial charge in [-0.1, -0.05) is 0 Å². The number of ether oxygens (including phenoxy) is 1. The van der Waals surface area contributed by atoms with Crippen LogP contribution in [-0.2, 0) is 9.53 Å². The number of hydrogen-bond donors (Lipinski definition) is 3. The highest BCUT2D eigenvalue weighted by atomic mass is 79.9. The number of hydroxylamine groups is 1. The number of aliphatic imine (C=N–C) groups is 1. The van der Waals surface area contributed by atoms with Gasteiger partial charge in [0.15, 0.2) is 5.84 Å². The number of amidine groups is 1. The van der Waals surface area contributed by atoms with Gasteiger partial charge in [-0.3, -0.25) is 10.0 Å². The molecule has 3 N–H and O–H groups in total. The molecule has 0 atom stereocenters. The van der Waals surface area contributed by atoms with Crippen LogP contribution in [0.3, 0.4) is 0 Å². The molecule has 0 radical (unpaired) electrons. The number of halogens is 2. The van der Waals surface area contributed by atoms with Gasteiger partial charge in [-0.2, -0.15) is 0 Å². The van der Waals surface area contributed by atoms with E-state index in [0.717, 1.165) is 12.8 Å². The van der Waals surface area contributed by atoms with E-state index in [1.165, 1.54) is 18.2 Å². The maximum atomic E-state index is 13.3. The topological polar surface area (TPSA) is 103 Å². The molecular formula is C19H24BrFN4O4. The average Bonchev–Trinajstić information content (AvgIpc) is 2.75. The third-order valence-electron chi connectivity index (χ3n) is 5.19. The van der Waals surface area contributed by atoms with E-state index in [-0.39, 0.29) is 34.1 Å². The molecule has 1 aromatic carbocycles. The normalized spacial score (nSPS) is 19.1. The number of nitrogens with one attached hydrogen (secondary N) is 2. The summed E-state index contributed by atoms with van der Waals surface area (Å²) in [7, 11) is 0. The summed E-state index contributed by atoms with van der Waals surface area (Å²) in [4.78, 5) is 30.9. The zero-order chi connectivity index (χ0) is 20.8. The summed E-state index contributed by atoms with van der Waals surface area (Å²) in [6.45, 7) is 2.21. The van der Waals surface area contributed by atoms with Crippen LogP contribution in [0.4, 0.5) is 14.9 Å². The Morgan fingerprint density at radius 2 is 1.90 bits per heavy atom. The van der Waals surface area contributed by atoms with Crippen LogP contribution in [0.5, 0.6) is 0 Å². The van der Waals surface area contributed by atoms with E-state index < -0.39 is 5.82 Å². The fourth-order valence-electron chi connectivity index (χ4n) is 3.46. The van der Waals surface area contributed by atoms with Crippen molar-refractivity contribution in [2.75, 3.05) is 26.3 Å². The highest BCUT2D eigenvalue weighted by Gasteiger charge is 2.30. The molecule has 0 bridgehead atoms. The quantitative estimate of drug-likeness (QED) is 0.356. The van der Waals surface area contributed by atoms with E-state index in [0.29, 0.717) is 44.8 Å².